The van der Waals surface area contributed by atoms with Gasteiger partial charge in [0.25, 0.3) is 10.1 Å². The molecule has 0 atom stereocenters. The quantitative estimate of drug-likeness (QED) is 0.712. The molecule has 0 saturated heterocycles. The van der Waals surface area contributed by atoms with E-state index in [2.05, 4.69) is 22.3 Å². The molecule has 1 aliphatic rings. The Morgan fingerprint density at radius 3 is 2.46 bits per heavy atom. The van der Waals surface area contributed by atoms with E-state index in [4.69, 9.17) is 0 Å². The van der Waals surface area contributed by atoms with Gasteiger partial charge in [0.15, 0.2) is 0 Å². The Morgan fingerprint density at radius 2 is 1.85 bits per heavy atom. The van der Waals surface area contributed by atoms with Gasteiger partial charge in [-0.3, -0.25) is 9.23 Å². The lowest BCUT2D eigenvalue weighted by molar-refractivity contribution is 0.334. The Bertz CT molecular complexity index is 1060. The van der Waals surface area contributed by atoms with Crippen molar-refractivity contribution >= 4 is 15.6 Å². The second kappa shape index (κ2) is 5.92. The minimum absolute atomic E-state index is 0.256. The molecule has 0 amide bonds. The third-order valence-electron chi connectivity index (χ3n) is 5.69. The predicted octanol–water partition coefficient (Wildman–Crippen LogP) is 3.04. The van der Waals surface area contributed by atoms with Crippen molar-refractivity contribution in [2.24, 2.45) is 7.05 Å². The average Bonchev–Trinajstić information content (AvgIpc) is 3.20. The highest BCUT2D eigenvalue weighted by molar-refractivity contribution is 7.87. The zero-order valence-electron chi connectivity index (χ0n) is 14.8. The normalized spacial score (nSPS) is 24.2. The number of rotatable bonds is 3. The molecule has 8 heteroatoms. The van der Waals surface area contributed by atoms with Gasteiger partial charge in [-0.15, -0.1) is 0 Å². The summed E-state index contributed by atoms with van der Waals surface area (Å²) in [6, 6.07) is 4.11. The van der Waals surface area contributed by atoms with Crippen molar-refractivity contribution in [2.75, 3.05) is 0 Å². The standard InChI is InChI=1S/C18H22N4O3S/c1-18(26(23,24)25)7-5-13(6-8-18)16-10-20-22-12-14(3-4-17(16)22)15-9-19-21(2)11-15/h3-4,9-13H,5-8H2,1-2H3,(H,23,24,25). The van der Waals surface area contributed by atoms with Gasteiger partial charge in [-0.2, -0.15) is 18.6 Å². The Morgan fingerprint density at radius 1 is 1.12 bits per heavy atom. The zero-order chi connectivity index (χ0) is 18.5. The summed E-state index contributed by atoms with van der Waals surface area (Å²) < 4.78 is 35.3. The molecule has 1 fully saturated rings. The number of aromatic nitrogens is 4. The lowest BCUT2D eigenvalue weighted by Gasteiger charge is -2.34. The second-order valence-electron chi connectivity index (χ2n) is 7.45. The molecule has 0 radical (unpaired) electrons. The lowest BCUT2D eigenvalue weighted by atomic mass is 9.79. The number of hydrogen-bond acceptors (Lipinski definition) is 4. The Hall–Kier alpha value is -2.19. The highest BCUT2D eigenvalue weighted by Gasteiger charge is 2.42. The average molecular weight is 374 g/mol. The van der Waals surface area contributed by atoms with Crippen molar-refractivity contribution in [3.63, 3.8) is 0 Å². The van der Waals surface area contributed by atoms with Crippen molar-refractivity contribution in [1.82, 2.24) is 19.4 Å². The van der Waals surface area contributed by atoms with Gasteiger partial charge in [-0.25, -0.2) is 4.52 Å². The van der Waals surface area contributed by atoms with Crippen LogP contribution in [0, 0.1) is 0 Å². The van der Waals surface area contributed by atoms with Crippen LogP contribution in [0.2, 0.25) is 0 Å². The molecule has 0 spiro atoms. The van der Waals surface area contributed by atoms with E-state index in [1.165, 1.54) is 0 Å². The number of aryl methyl sites for hydroxylation is 1. The van der Waals surface area contributed by atoms with Crippen LogP contribution >= 0.6 is 0 Å². The van der Waals surface area contributed by atoms with E-state index in [-0.39, 0.29) is 5.92 Å². The summed E-state index contributed by atoms with van der Waals surface area (Å²) in [5.41, 5.74) is 4.26. The van der Waals surface area contributed by atoms with Crippen LogP contribution in [-0.2, 0) is 17.2 Å². The molecule has 0 unspecified atom stereocenters. The molecule has 0 aliphatic heterocycles. The smallest absolute Gasteiger partial charge is 0.270 e. The maximum absolute atomic E-state index is 11.6. The molecular formula is C18H22N4O3S. The first-order chi connectivity index (χ1) is 12.3. The summed E-state index contributed by atoms with van der Waals surface area (Å²) in [4.78, 5) is 0. The van der Waals surface area contributed by atoms with Gasteiger partial charge in [0.2, 0.25) is 0 Å². The summed E-state index contributed by atoms with van der Waals surface area (Å²) >= 11 is 0. The van der Waals surface area contributed by atoms with Gasteiger partial charge in [0, 0.05) is 36.1 Å². The van der Waals surface area contributed by atoms with Crippen LogP contribution in [0.5, 0.6) is 0 Å². The van der Waals surface area contributed by atoms with Crippen LogP contribution in [-0.4, -0.2) is 37.1 Å². The summed E-state index contributed by atoms with van der Waals surface area (Å²) in [6.45, 7) is 1.63. The number of nitrogens with zero attached hydrogens (tertiary/aromatic N) is 4. The van der Waals surface area contributed by atoms with Gasteiger partial charge in [-0.1, -0.05) is 6.07 Å². The SMILES string of the molecule is Cn1cc(-c2ccc3c(C4CCC(C)(S(=O)(=O)O)CC4)cnn3c2)cn1. The number of hydrogen-bond donors (Lipinski definition) is 1. The van der Waals surface area contributed by atoms with E-state index < -0.39 is 14.9 Å². The van der Waals surface area contributed by atoms with Gasteiger partial charge >= 0.3 is 0 Å². The van der Waals surface area contributed by atoms with E-state index in [1.807, 2.05) is 36.4 Å². The van der Waals surface area contributed by atoms with Gasteiger partial charge in [0.1, 0.15) is 0 Å². The first-order valence-electron chi connectivity index (χ1n) is 8.70. The maximum atomic E-state index is 11.6. The van der Waals surface area contributed by atoms with E-state index in [9.17, 15) is 13.0 Å². The van der Waals surface area contributed by atoms with Crippen molar-refractivity contribution in [2.45, 2.75) is 43.3 Å². The Labute approximate surface area is 152 Å². The number of fused-ring (bicyclic) bond motifs is 1. The van der Waals surface area contributed by atoms with Crippen LogP contribution in [0.15, 0.2) is 36.9 Å². The highest BCUT2D eigenvalue weighted by atomic mass is 32.2. The fourth-order valence-electron chi connectivity index (χ4n) is 3.86. The summed E-state index contributed by atoms with van der Waals surface area (Å²) in [5.74, 6) is 0.256. The molecule has 0 aromatic carbocycles. The third-order valence-corrected chi connectivity index (χ3v) is 7.34. The zero-order valence-corrected chi connectivity index (χ0v) is 15.6. The largest absolute Gasteiger partial charge is 0.285 e. The van der Waals surface area contributed by atoms with Gasteiger partial charge in [-0.05, 0) is 44.6 Å². The highest BCUT2D eigenvalue weighted by Crippen LogP contribution is 2.42. The number of pyridine rings is 1. The fraction of sp³-hybridized carbons (Fsp3) is 0.444. The third kappa shape index (κ3) is 2.83. The molecule has 7 nitrogen and oxygen atoms in total. The fourth-order valence-corrected chi connectivity index (χ4v) is 4.61. The van der Waals surface area contributed by atoms with E-state index in [0.717, 1.165) is 35.0 Å². The molecule has 3 aromatic rings. The molecule has 0 bridgehead atoms. The first-order valence-corrected chi connectivity index (χ1v) is 10.1. The molecule has 3 aromatic heterocycles. The van der Waals surface area contributed by atoms with E-state index in [0.29, 0.717) is 12.8 Å². The van der Waals surface area contributed by atoms with Crippen LogP contribution < -0.4 is 0 Å². The predicted molar refractivity (Wildman–Crippen MR) is 98.6 cm³/mol. The molecule has 1 aliphatic carbocycles. The van der Waals surface area contributed by atoms with E-state index in [1.54, 1.807) is 11.6 Å². The van der Waals surface area contributed by atoms with Gasteiger partial charge in [0.05, 0.1) is 22.7 Å². The van der Waals surface area contributed by atoms with Crippen LogP contribution in [0.1, 0.15) is 44.1 Å². The van der Waals surface area contributed by atoms with Crippen molar-refractivity contribution in [3.8, 4) is 11.1 Å². The molecule has 26 heavy (non-hydrogen) atoms. The monoisotopic (exact) mass is 374 g/mol. The molecule has 1 saturated carbocycles. The molecule has 138 valence electrons. The Balaban J connectivity index is 1.61. The van der Waals surface area contributed by atoms with Crippen molar-refractivity contribution in [3.05, 3.63) is 42.5 Å². The summed E-state index contributed by atoms with van der Waals surface area (Å²) in [6.07, 6.45) is 10.0. The minimum Gasteiger partial charge on any atom is -0.285 e. The Kier molecular flexibility index (Phi) is 3.92. The summed E-state index contributed by atoms with van der Waals surface area (Å²) in [7, 11) is -2.14. The molecular weight excluding hydrogens is 352 g/mol. The lowest BCUT2D eigenvalue weighted by Crippen LogP contribution is -2.38. The van der Waals surface area contributed by atoms with Gasteiger partial charge < -0.3 is 0 Å². The van der Waals surface area contributed by atoms with Crippen LogP contribution in [0.4, 0.5) is 0 Å². The molecule has 3 heterocycles. The minimum atomic E-state index is -4.02. The van der Waals surface area contributed by atoms with Crippen LogP contribution in [0.25, 0.3) is 16.6 Å². The first kappa shape index (κ1) is 17.2. The molecule has 4 rings (SSSR count). The van der Waals surface area contributed by atoms with E-state index >= 15 is 0 Å². The van der Waals surface area contributed by atoms with Crippen LogP contribution in [0.3, 0.4) is 0 Å². The van der Waals surface area contributed by atoms with Crippen molar-refractivity contribution < 1.29 is 13.0 Å². The summed E-state index contributed by atoms with van der Waals surface area (Å²) in [5, 5.41) is 8.70. The second-order valence-corrected chi connectivity index (χ2v) is 9.39. The van der Waals surface area contributed by atoms with Crippen molar-refractivity contribution in [1.29, 1.82) is 0 Å². The maximum Gasteiger partial charge on any atom is 0.270 e. The topological polar surface area (TPSA) is 89.5 Å². The molecule has 1 N–H and O–H groups in total.